The van der Waals surface area contributed by atoms with Gasteiger partial charge in [0.15, 0.2) is 5.78 Å². The van der Waals surface area contributed by atoms with Crippen molar-refractivity contribution in [3.8, 4) is 0 Å². The molecule has 724 valence electrons. The van der Waals surface area contributed by atoms with Crippen LogP contribution in [0.5, 0.6) is 0 Å². The van der Waals surface area contributed by atoms with Crippen LogP contribution in [0.1, 0.15) is 134 Å². The van der Waals surface area contributed by atoms with Crippen molar-refractivity contribution in [2.24, 2.45) is 47.0 Å². The molecule has 0 aliphatic carbocycles. The van der Waals surface area contributed by atoms with Crippen LogP contribution in [0, 0.1) is 35.5 Å². The normalized spacial score (nSPS) is 13.3. The smallest absolute Gasteiger partial charge is 0.870 e. The molecule has 11 atom stereocenters. The van der Waals surface area contributed by atoms with E-state index in [2.05, 4.69) is 25.4 Å². The number of nitrogens with two attached hydrogens (primary N) is 2. The molecule has 23 nitrogen and oxygen atoms in total. The fourth-order valence-electron chi connectivity index (χ4n) is 12.5. The van der Waals surface area contributed by atoms with Gasteiger partial charge in [-0.05, 0) is 157 Å². The van der Waals surface area contributed by atoms with Crippen molar-refractivity contribution in [2.45, 2.75) is 179 Å². The summed E-state index contributed by atoms with van der Waals surface area (Å²) < 4.78 is 169. The summed E-state index contributed by atoms with van der Waals surface area (Å²) in [6.07, 6.45) is -14.6. The molecule has 3 amide bonds. The number of carboxylic acids is 2. The van der Waals surface area contributed by atoms with Gasteiger partial charge < -0.3 is 67.5 Å². The van der Waals surface area contributed by atoms with Crippen molar-refractivity contribution in [3.05, 3.63) is 285 Å². The summed E-state index contributed by atoms with van der Waals surface area (Å²) in [6, 6.07) is 51.5. The van der Waals surface area contributed by atoms with Crippen molar-refractivity contribution in [3.63, 3.8) is 0 Å². The van der Waals surface area contributed by atoms with E-state index in [-0.39, 0.29) is 156 Å². The number of aliphatic carboxylic acids is 2. The number of Topliss-reactive ketones (excluding diaryl/α,β-unsaturated/α-hetero) is 1. The minimum absolute atomic E-state index is 0. The number of carbonyl (C=O) groups excluding carboxylic acids is 8. The second-order valence-electron chi connectivity index (χ2n) is 31.1. The number of carboxylic acid groups (broad SMARTS) is 2. The van der Waals surface area contributed by atoms with Gasteiger partial charge in [0.1, 0.15) is 24.2 Å². The third kappa shape index (κ3) is 49.4. The van der Waals surface area contributed by atoms with E-state index in [9.17, 15) is 106 Å². The molecule has 0 radical (unpaired) electrons. The average molecular weight is 1940 g/mol. The molecule has 0 saturated heterocycles. The molecule has 0 aliphatic rings. The summed E-state index contributed by atoms with van der Waals surface area (Å²) >= 11 is 5.59. The van der Waals surface area contributed by atoms with Gasteiger partial charge in [0, 0.05) is 42.4 Å². The number of esters is 4. The van der Waals surface area contributed by atoms with E-state index >= 15 is 0 Å². The van der Waals surface area contributed by atoms with E-state index in [1.54, 1.807) is 52.0 Å². The summed E-state index contributed by atoms with van der Waals surface area (Å²) in [5.74, 6) is -8.12. The maximum Gasteiger partial charge on any atom is 1.00 e. The van der Waals surface area contributed by atoms with Crippen LogP contribution in [0.4, 0.5) is 52.7 Å². The number of hydrogen-bond donors (Lipinski definition) is 7. The van der Waals surface area contributed by atoms with Crippen molar-refractivity contribution < 1.29 is 200 Å². The second-order valence-corrected chi connectivity index (χ2v) is 31.9. The molecule has 0 saturated carbocycles. The molecule has 8 rings (SSSR count). The number of amides is 3. The molecular formula is C96H114ClF12N5Na2O18. The topological polar surface area (TPSA) is 396 Å². The Morgan fingerprint density at radius 2 is 0.567 bits per heavy atom. The molecule has 0 aliphatic heterocycles. The number of alkyl halides is 13. The van der Waals surface area contributed by atoms with E-state index in [1.807, 2.05) is 111 Å². The quantitative estimate of drug-likeness (QED) is 0.00638. The van der Waals surface area contributed by atoms with Gasteiger partial charge in [0.05, 0.1) is 68.6 Å². The maximum absolute atomic E-state index is 13.3. The molecule has 0 spiro atoms. The van der Waals surface area contributed by atoms with Crippen LogP contribution >= 0.6 is 11.6 Å². The summed E-state index contributed by atoms with van der Waals surface area (Å²) in [7, 11) is 5.18. The maximum atomic E-state index is 13.3. The van der Waals surface area contributed by atoms with Crippen LogP contribution in [0.15, 0.2) is 218 Å². The Balaban J connectivity index is 0. The minimum atomic E-state index is -4.43. The van der Waals surface area contributed by atoms with Gasteiger partial charge in [-0.15, -0.1) is 11.6 Å². The zero-order chi connectivity index (χ0) is 97.8. The van der Waals surface area contributed by atoms with Crippen LogP contribution in [-0.2, 0) is 143 Å². The van der Waals surface area contributed by atoms with Gasteiger partial charge in [-0.1, -0.05) is 211 Å². The van der Waals surface area contributed by atoms with Crippen molar-refractivity contribution >= 4 is 70.9 Å². The van der Waals surface area contributed by atoms with Crippen molar-refractivity contribution in [2.75, 3.05) is 28.4 Å². The molecule has 134 heavy (non-hydrogen) atoms. The Kier molecular flexibility index (Phi) is 59.5. The van der Waals surface area contributed by atoms with Gasteiger partial charge in [0.2, 0.25) is 17.7 Å². The Morgan fingerprint density at radius 3 is 0.828 bits per heavy atom. The molecular weight excluding hydrogens is 1820 g/mol. The van der Waals surface area contributed by atoms with Gasteiger partial charge in [-0.25, -0.2) is 9.59 Å². The van der Waals surface area contributed by atoms with Crippen LogP contribution < -0.4 is 86.5 Å². The number of ether oxygens (including phenoxy) is 4. The van der Waals surface area contributed by atoms with Crippen LogP contribution in [0.2, 0.25) is 0 Å². The molecule has 0 fully saturated rings. The number of nitrogens with one attached hydrogen (secondary N) is 3. The third-order valence-electron chi connectivity index (χ3n) is 19.6. The first-order chi connectivity index (χ1) is 60.9. The number of rotatable bonds is 35. The number of carbonyl (C=O) groups is 10. The Bertz CT molecular complexity index is 4790. The number of benzene rings is 8. The molecule has 1 unspecified atom stereocenters. The van der Waals surface area contributed by atoms with E-state index in [0.717, 1.165) is 70.8 Å². The van der Waals surface area contributed by atoms with E-state index in [1.165, 1.54) is 83.9 Å². The first-order valence-electron chi connectivity index (χ1n) is 41.1. The first-order valence-corrected chi connectivity index (χ1v) is 41.5. The summed E-state index contributed by atoms with van der Waals surface area (Å²) in [5, 5.41) is 25.9. The number of halogens is 13. The Morgan fingerprint density at radius 1 is 0.321 bits per heavy atom. The van der Waals surface area contributed by atoms with E-state index < -0.39 is 143 Å². The molecule has 0 aromatic heterocycles. The predicted octanol–water partition coefficient (Wildman–Crippen LogP) is 10.7. The van der Waals surface area contributed by atoms with Crippen LogP contribution in [0.25, 0.3) is 0 Å². The van der Waals surface area contributed by atoms with Crippen LogP contribution in [0.3, 0.4) is 0 Å². The van der Waals surface area contributed by atoms with Gasteiger partial charge in [-0.3, -0.25) is 38.4 Å². The average Bonchev–Trinajstić information content (AvgIpc) is 0.863. The largest absolute Gasteiger partial charge is 1.00 e. The molecule has 38 heteroatoms. The molecule has 0 heterocycles. The monoisotopic (exact) mass is 1930 g/mol. The fraction of sp³-hybridized carbons (Fsp3) is 0.396. The van der Waals surface area contributed by atoms with Gasteiger partial charge in [0.25, 0.3) is 0 Å². The first kappa shape index (κ1) is 126. The zero-order valence-electron chi connectivity index (χ0n) is 76.6. The Labute approximate surface area is 820 Å². The number of methoxy groups -OCH3 is 4. The summed E-state index contributed by atoms with van der Waals surface area (Å²) in [4.78, 5) is 119. The van der Waals surface area contributed by atoms with Crippen molar-refractivity contribution in [1.29, 1.82) is 0 Å². The minimum Gasteiger partial charge on any atom is -0.870 e. The molecule has 11 N–H and O–H groups in total. The number of hydrogen-bond acceptors (Lipinski definition) is 18. The predicted molar refractivity (Wildman–Crippen MR) is 469 cm³/mol. The fourth-order valence-corrected chi connectivity index (χ4v) is 12.6. The summed E-state index contributed by atoms with van der Waals surface area (Å²) in [5.41, 5.74) is 13.9. The van der Waals surface area contributed by atoms with Crippen molar-refractivity contribution in [1.82, 2.24) is 16.0 Å². The van der Waals surface area contributed by atoms with Crippen LogP contribution in [-0.4, -0.2) is 145 Å². The van der Waals surface area contributed by atoms with E-state index in [0.29, 0.717) is 41.5 Å². The second kappa shape index (κ2) is 63.3. The van der Waals surface area contributed by atoms with Gasteiger partial charge in [-0.2, -0.15) is 52.7 Å². The zero-order valence-corrected chi connectivity index (χ0v) is 81.3. The third-order valence-corrected chi connectivity index (χ3v) is 19.8. The Hall–Kier alpha value is -10.1. The number of ketones is 1. The molecule has 0 bridgehead atoms. The molecule has 8 aromatic rings. The van der Waals surface area contributed by atoms with Gasteiger partial charge >= 0.3 is 120 Å². The standard InChI is InChI=1S/C28H34F3NO4.C21H22F3NO3.C20H20F3NO3.C11H11F3O2.C10H13NO2.C6H12ClNO2.2Na.2H2O/c1-18(2)14-22(27(35)36-4)17-25(33)24(16-20-8-6-5-7-9-20)32-26(34)19(3)15-21-10-12-23(13-11-21)28(29,30)31;1-14(12-16-8-10-17(11-9-16)21(22,23)24)19(26)25-18(20(27)28-2)13-15-6-4-3-5-7-15;1-13(11-15-7-9-16(10-8-15)20(21,22)23)18(25)24-17(19(26)27)12-14-5-3-2-4-6-14;1-7(10(15)16)6-8-2-4-9(5-3-8)11(12,13)14;1-13-10(12)9(11)7-8-5-3-2-4-6-8;1-4(7)3-5(8)6(9)10-2;;;;/h5-13,18-19,22,24H,14-17H2,1-4H3,(H,32,34);3-11,14,18H,12-13H2,1-2H3,(H,25,26);2-10,13,17H,11-12H2,1H3,(H,24,25)(H,26,27);2-5,7H,6H2,1H3,(H,15,16);2-6,9H,7,11H2,1H3;4-5H,3,8H2,1-2H3;;;2*1H2/q;;;;;;2*+1;;/p-2/t19-,22+,24-;14-,18-;13-,17-;7-;9-;4?,5-;;;;/m111111..../s1. The summed E-state index contributed by atoms with van der Waals surface area (Å²) in [6.45, 7) is 12.1. The SMILES string of the molecule is COC(=O)[C@@H](Cc1ccccc1)NC(=O)[C@H](C)Cc1ccc(C(F)(F)F)cc1.COC(=O)[C@H](CC(=O)[C@@H](Cc1ccccc1)NC(=O)[C@H](C)Cc1ccc(C(F)(F)F)cc1)CC(C)C.COC(=O)[C@H](N)CC(C)Cl.COC(=O)[C@H](N)Cc1ccccc1.C[C@H](Cc1ccc(C(F)(F)F)cc1)C(=O)N[C@H](Cc1ccccc1)C(=O)O.C[C@H](Cc1ccc(C(F)(F)F)cc1)C(=O)O.[Na+].[Na+].[OH-].[OH-]. The molecule has 8 aromatic carbocycles. The van der Waals surface area contributed by atoms with E-state index in [4.69, 9.17) is 37.6 Å².